The SMILES string of the molecule is CCNCc1nc(CN(C)Cc2ccncc2)cs1. The summed E-state index contributed by atoms with van der Waals surface area (Å²) in [4.78, 5) is 10.9. The lowest BCUT2D eigenvalue weighted by molar-refractivity contribution is 0.315. The molecule has 0 saturated carbocycles. The van der Waals surface area contributed by atoms with Gasteiger partial charge in [-0.1, -0.05) is 6.92 Å². The molecule has 0 saturated heterocycles. The van der Waals surface area contributed by atoms with Crippen molar-refractivity contribution in [1.82, 2.24) is 20.2 Å². The summed E-state index contributed by atoms with van der Waals surface area (Å²) >= 11 is 1.73. The summed E-state index contributed by atoms with van der Waals surface area (Å²) in [6, 6.07) is 4.10. The monoisotopic (exact) mass is 276 g/mol. The van der Waals surface area contributed by atoms with Crippen molar-refractivity contribution in [1.29, 1.82) is 0 Å². The lowest BCUT2D eigenvalue weighted by Gasteiger charge is -2.14. The van der Waals surface area contributed by atoms with Gasteiger partial charge in [0.1, 0.15) is 5.01 Å². The van der Waals surface area contributed by atoms with Crippen LogP contribution >= 0.6 is 11.3 Å². The van der Waals surface area contributed by atoms with E-state index in [4.69, 9.17) is 0 Å². The van der Waals surface area contributed by atoms with E-state index in [-0.39, 0.29) is 0 Å². The number of pyridine rings is 1. The van der Waals surface area contributed by atoms with Gasteiger partial charge in [0.25, 0.3) is 0 Å². The smallest absolute Gasteiger partial charge is 0.107 e. The number of hydrogen-bond acceptors (Lipinski definition) is 5. The third kappa shape index (κ3) is 4.70. The first kappa shape index (κ1) is 14.1. The van der Waals surface area contributed by atoms with Gasteiger partial charge in [0.2, 0.25) is 0 Å². The van der Waals surface area contributed by atoms with E-state index >= 15 is 0 Å². The average Bonchev–Trinajstić information content (AvgIpc) is 2.85. The lowest BCUT2D eigenvalue weighted by Crippen LogP contribution is -2.17. The van der Waals surface area contributed by atoms with Gasteiger partial charge in [-0.3, -0.25) is 9.88 Å². The van der Waals surface area contributed by atoms with Gasteiger partial charge >= 0.3 is 0 Å². The van der Waals surface area contributed by atoms with Crippen molar-refractivity contribution in [3.05, 3.63) is 46.2 Å². The molecule has 0 aliphatic rings. The van der Waals surface area contributed by atoms with Crippen LogP contribution in [0.3, 0.4) is 0 Å². The molecule has 0 aromatic carbocycles. The normalized spacial score (nSPS) is 11.1. The summed E-state index contributed by atoms with van der Waals surface area (Å²) in [7, 11) is 2.11. The molecule has 0 unspecified atom stereocenters. The molecule has 0 aliphatic heterocycles. The van der Waals surface area contributed by atoms with Crippen molar-refractivity contribution in [2.75, 3.05) is 13.6 Å². The van der Waals surface area contributed by atoms with Crippen LogP contribution in [0.4, 0.5) is 0 Å². The lowest BCUT2D eigenvalue weighted by atomic mass is 10.2. The number of nitrogens with zero attached hydrogens (tertiary/aromatic N) is 3. The molecule has 0 atom stereocenters. The Morgan fingerprint density at radius 3 is 2.79 bits per heavy atom. The molecule has 4 nitrogen and oxygen atoms in total. The Kier molecular flexibility index (Phi) is 5.44. The van der Waals surface area contributed by atoms with Gasteiger partial charge in [0, 0.05) is 37.4 Å². The highest BCUT2D eigenvalue weighted by molar-refractivity contribution is 7.09. The second-order valence-corrected chi connectivity index (χ2v) is 5.48. The van der Waals surface area contributed by atoms with E-state index in [0.29, 0.717) is 0 Å². The second kappa shape index (κ2) is 7.33. The minimum Gasteiger partial charge on any atom is -0.311 e. The zero-order valence-corrected chi connectivity index (χ0v) is 12.3. The Morgan fingerprint density at radius 1 is 1.26 bits per heavy atom. The van der Waals surface area contributed by atoms with Crippen LogP contribution < -0.4 is 5.32 Å². The van der Waals surface area contributed by atoms with Gasteiger partial charge in [-0.2, -0.15) is 0 Å². The van der Waals surface area contributed by atoms with Crippen LogP contribution in [0.5, 0.6) is 0 Å². The Morgan fingerprint density at radius 2 is 2.05 bits per heavy atom. The number of hydrogen-bond donors (Lipinski definition) is 1. The van der Waals surface area contributed by atoms with E-state index in [2.05, 4.69) is 39.5 Å². The van der Waals surface area contributed by atoms with Gasteiger partial charge in [-0.25, -0.2) is 4.98 Å². The topological polar surface area (TPSA) is 41.1 Å². The van der Waals surface area contributed by atoms with Crippen LogP contribution in [0.2, 0.25) is 0 Å². The first-order valence-corrected chi connectivity index (χ1v) is 7.37. The Bertz CT molecular complexity index is 483. The molecule has 1 N–H and O–H groups in total. The molecule has 0 radical (unpaired) electrons. The highest BCUT2D eigenvalue weighted by atomic mass is 32.1. The van der Waals surface area contributed by atoms with Crippen molar-refractivity contribution < 1.29 is 0 Å². The minimum atomic E-state index is 0.870. The summed E-state index contributed by atoms with van der Waals surface area (Å²) in [5.41, 5.74) is 2.43. The van der Waals surface area contributed by atoms with Crippen LogP contribution in [-0.4, -0.2) is 28.5 Å². The molecule has 19 heavy (non-hydrogen) atoms. The zero-order valence-electron chi connectivity index (χ0n) is 11.5. The summed E-state index contributed by atoms with van der Waals surface area (Å²) < 4.78 is 0. The molecule has 2 rings (SSSR count). The number of aromatic nitrogens is 2. The molecule has 5 heteroatoms. The van der Waals surface area contributed by atoms with Crippen LogP contribution in [0, 0.1) is 0 Å². The van der Waals surface area contributed by atoms with E-state index in [1.54, 1.807) is 11.3 Å². The summed E-state index contributed by atoms with van der Waals surface area (Å²) in [5, 5.41) is 6.61. The third-order valence-corrected chi connectivity index (χ3v) is 3.66. The van der Waals surface area contributed by atoms with E-state index in [0.717, 1.165) is 36.9 Å². The fourth-order valence-electron chi connectivity index (χ4n) is 1.87. The summed E-state index contributed by atoms with van der Waals surface area (Å²) in [6.45, 7) is 5.76. The third-order valence-electron chi connectivity index (χ3n) is 2.76. The zero-order chi connectivity index (χ0) is 13.5. The highest BCUT2D eigenvalue weighted by Crippen LogP contribution is 2.12. The standard InChI is InChI=1S/C14H20N4S/c1-3-15-8-14-17-13(11-19-14)10-18(2)9-12-4-6-16-7-5-12/h4-7,11,15H,3,8-10H2,1-2H3. The fourth-order valence-corrected chi connectivity index (χ4v) is 2.62. The maximum Gasteiger partial charge on any atom is 0.107 e. The fraction of sp³-hybridized carbons (Fsp3) is 0.429. The second-order valence-electron chi connectivity index (χ2n) is 4.54. The van der Waals surface area contributed by atoms with Gasteiger partial charge in [0.15, 0.2) is 0 Å². The van der Waals surface area contributed by atoms with Crippen LogP contribution in [0.1, 0.15) is 23.2 Å². The van der Waals surface area contributed by atoms with Crippen LogP contribution in [0.15, 0.2) is 29.9 Å². The van der Waals surface area contributed by atoms with Gasteiger partial charge in [0.05, 0.1) is 5.69 Å². The van der Waals surface area contributed by atoms with Crippen molar-refractivity contribution in [2.45, 2.75) is 26.6 Å². The minimum absolute atomic E-state index is 0.870. The predicted octanol–water partition coefficient (Wildman–Crippen LogP) is 2.28. The summed E-state index contributed by atoms with van der Waals surface area (Å²) in [5.74, 6) is 0. The summed E-state index contributed by atoms with van der Waals surface area (Å²) in [6.07, 6.45) is 3.67. The van der Waals surface area contributed by atoms with Gasteiger partial charge < -0.3 is 5.32 Å². The van der Waals surface area contributed by atoms with E-state index in [1.165, 1.54) is 5.56 Å². The molecule has 0 bridgehead atoms. The Labute approximate surface area is 118 Å². The number of rotatable bonds is 7. The maximum absolute atomic E-state index is 4.63. The van der Waals surface area contributed by atoms with Crippen molar-refractivity contribution in [2.24, 2.45) is 0 Å². The molecule has 0 aliphatic carbocycles. The van der Waals surface area contributed by atoms with E-state index in [1.807, 2.05) is 24.5 Å². The first-order chi connectivity index (χ1) is 9.28. The van der Waals surface area contributed by atoms with Crippen molar-refractivity contribution in [3.63, 3.8) is 0 Å². The molecule has 2 aromatic rings. The van der Waals surface area contributed by atoms with Crippen LogP contribution in [-0.2, 0) is 19.6 Å². The molecule has 102 valence electrons. The molecule has 2 aromatic heterocycles. The van der Waals surface area contributed by atoms with Crippen molar-refractivity contribution >= 4 is 11.3 Å². The average molecular weight is 276 g/mol. The Hall–Kier alpha value is -1.30. The molecular formula is C14H20N4S. The predicted molar refractivity (Wildman–Crippen MR) is 78.9 cm³/mol. The van der Waals surface area contributed by atoms with Gasteiger partial charge in [-0.15, -0.1) is 11.3 Å². The number of thiazole rings is 1. The first-order valence-electron chi connectivity index (χ1n) is 6.49. The maximum atomic E-state index is 4.63. The molecule has 0 amide bonds. The molecule has 2 heterocycles. The van der Waals surface area contributed by atoms with E-state index in [9.17, 15) is 0 Å². The Balaban J connectivity index is 1.85. The largest absolute Gasteiger partial charge is 0.311 e. The van der Waals surface area contributed by atoms with E-state index < -0.39 is 0 Å². The highest BCUT2D eigenvalue weighted by Gasteiger charge is 2.05. The molecular weight excluding hydrogens is 256 g/mol. The van der Waals surface area contributed by atoms with Crippen molar-refractivity contribution in [3.8, 4) is 0 Å². The quantitative estimate of drug-likeness (QED) is 0.842. The van der Waals surface area contributed by atoms with Crippen LogP contribution in [0.25, 0.3) is 0 Å². The molecule has 0 fully saturated rings. The van der Waals surface area contributed by atoms with Gasteiger partial charge in [-0.05, 0) is 31.3 Å². The number of nitrogens with one attached hydrogen (secondary N) is 1. The molecule has 0 spiro atoms.